The van der Waals surface area contributed by atoms with E-state index in [4.69, 9.17) is 10.7 Å². The van der Waals surface area contributed by atoms with Crippen LogP contribution in [0.1, 0.15) is 37.7 Å². The summed E-state index contributed by atoms with van der Waals surface area (Å²) in [5, 5.41) is 0. The zero-order chi connectivity index (χ0) is 14.4. The molecule has 0 amide bonds. The summed E-state index contributed by atoms with van der Waals surface area (Å²) in [4.78, 5) is 4.79. The number of hydrogen-bond acceptors (Lipinski definition) is 2. The van der Waals surface area contributed by atoms with Crippen molar-refractivity contribution in [2.75, 3.05) is 5.73 Å². The molecule has 0 atom stereocenters. The number of nitrogen functional groups attached to an aromatic ring is 1. The van der Waals surface area contributed by atoms with Crippen molar-refractivity contribution in [1.82, 2.24) is 9.55 Å². The molecule has 0 saturated heterocycles. The molecule has 1 aromatic heterocycles. The summed E-state index contributed by atoms with van der Waals surface area (Å²) in [5.74, 6) is 1.75. The molecule has 2 rings (SSSR count). The van der Waals surface area contributed by atoms with Gasteiger partial charge in [0.2, 0.25) is 0 Å². The molecule has 0 spiro atoms. The maximum atomic E-state index is 6.25. The van der Waals surface area contributed by atoms with Gasteiger partial charge >= 0.3 is 0 Å². The molecule has 3 heteroatoms. The third-order valence-corrected chi connectivity index (χ3v) is 3.67. The monoisotopic (exact) mass is 257 g/mol. The minimum absolute atomic E-state index is 0.0150. The van der Waals surface area contributed by atoms with E-state index in [0.717, 1.165) is 22.9 Å². The minimum Gasteiger partial charge on any atom is -0.383 e. The fourth-order valence-corrected chi connectivity index (χ4v) is 2.39. The first-order valence-corrected chi connectivity index (χ1v) is 6.62. The lowest BCUT2D eigenvalue weighted by Gasteiger charge is -2.17. The Morgan fingerprint density at radius 3 is 2.32 bits per heavy atom. The van der Waals surface area contributed by atoms with Crippen molar-refractivity contribution in [3.8, 4) is 11.3 Å². The van der Waals surface area contributed by atoms with E-state index in [-0.39, 0.29) is 5.41 Å². The number of aryl methyl sites for hydroxylation is 1. The van der Waals surface area contributed by atoms with Gasteiger partial charge in [-0.25, -0.2) is 4.98 Å². The van der Waals surface area contributed by atoms with Gasteiger partial charge in [-0.15, -0.1) is 0 Å². The van der Waals surface area contributed by atoms with Gasteiger partial charge in [0.05, 0.1) is 0 Å². The Labute approximate surface area is 115 Å². The van der Waals surface area contributed by atoms with Gasteiger partial charge in [-0.05, 0) is 25.0 Å². The van der Waals surface area contributed by atoms with Crippen molar-refractivity contribution in [1.29, 1.82) is 0 Å². The zero-order valence-electron chi connectivity index (χ0n) is 12.7. The number of anilines is 1. The molecule has 0 saturated carbocycles. The maximum absolute atomic E-state index is 6.25. The van der Waals surface area contributed by atoms with Crippen molar-refractivity contribution in [3.05, 3.63) is 35.2 Å². The van der Waals surface area contributed by atoms with Gasteiger partial charge in [0.1, 0.15) is 17.3 Å². The van der Waals surface area contributed by atoms with Crippen LogP contribution in [0.2, 0.25) is 0 Å². The molecular formula is C16H23N3. The molecule has 1 heterocycles. The molecular weight excluding hydrogens is 234 g/mol. The quantitative estimate of drug-likeness (QED) is 0.848. The number of benzene rings is 1. The highest BCUT2D eigenvalue weighted by atomic mass is 15.1. The number of hydrogen-bond donors (Lipinski definition) is 1. The molecule has 2 aromatic rings. The van der Waals surface area contributed by atoms with E-state index in [1.165, 1.54) is 11.1 Å². The first kappa shape index (κ1) is 13.7. The van der Waals surface area contributed by atoms with Crippen molar-refractivity contribution in [3.63, 3.8) is 0 Å². The Morgan fingerprint density at radius 2 is 1.79 bits per heavy atom. The predicted octanol–water partition coefficient (Wildman–Crippen LogP) is 3.58. The molecule has 102 valence electrons. The zero-order valence-corrected chi connectivity index (χ0v) is 12.7. The first-order chi connectivity index (χ1) is 8.73. The van der Waals surface area contributed by atoms with E-state index < -0.39 is 0 Å². The Balaban J connectivity index is 2.68. The van der Waals surface area contributed by atoms with E-state index >= 15 is 0 Å². The van der Waals surface area contributed by atoms with E-state index in [1.54, 1.807) is 0 Å². The summed E-state index contributed by atoms with van der Waals surface area (Å²) in [5.41, 5.74) is 10.8. The molecule has 1 aromatic carbocycles. The van der Waals surface area contributed by atoms with E-state index in [1.807, 2.05) is 11.6 Å². The van der Waals surface area contributed by atoms with Gasteiger partial charge in [0.25, 0.3) is 0 Å². The second-order valence-corrected chi connectivity index (χ2v) is 6.23. The van der Waals surface area contributed by atoms with Gasteiger partial charge < -0.3 is 10.3 Å². The molecule has 0 radical (unpaired) electrons. The first-order valence-electron chi connectivity index (χ1n) is 6.62. The highest BCUT2D eigenvalue weighted by Gasteiger charge is 2.24. The van der Waals surface area contributed by atoms with Crippen LogP contribution < -0.4 is 5.73 Å². The summed E-state index contributed by atoms with van der Waals surface area (Å²) >= 11 is 0. The number of nitrogens with zero attached hydrogens (tertiary/aromatic N) is 2. The Morgan fingerprint density at radius 1 is 1.16 bits per heavy atom. The maximum Gasteiger partial charge on any atom is 0.131 e. The number of rotatable bonds is 1. The van der Waals surface area contributed by atoms with Crippen LogP contribution in [0, 0.1) is 13.8 Å². The molecule has 0 fully saturated rings. The molecule has 0 aliphatic rings. The SMILES string of the molecule is Cc1cccc(-c2nc(C(C)(C)C)n(C)c2N)c1C. The van der Waals surface area contributed by atoms with Gasteiger partial charge in [0, 0.05) is 18.0 Å². The van der Waals surface area contributed by atoms with Crippen LogP contribution >= 0.6 is 0 Å². The van der Waals surface area contributed by atoms with Crippen LogP contribution in [0.4, 0.5) is 5.82 Å². The normalized spacial score (nSPS) is 11.9. The standard InChI is InChI=1S/C16H23N3/c1-10-8-7-9-12(11(10)2)13-14(17)19(6)15(18-13)16(3,4)5/h7-9H,17H2,1-6H3. The number of aromatic nitrogens is 2. The third-order valence-electron chi connectivity index (χ3n) is 3.67. The average Bonchev–Trinajstić information content (AvgIpc) is 2.60. The summed E-state index contributed by atoms with van der Waals surface area (Å²) < 4.78 is 2.00. The molecule has 3 nitrogen and oxygen atoms in total. The topological polar surface area (TPSA) is 43.8 Å². The largest absolute Gasteiger partial charge is 0.383 e. The van der Waals surface area contributed by atoms with Crippen molar-refractivity contribution in [2.24, 2.45) is 7.05 Å². The fourth-order valence-electron chi connectivity index (χ4n) is 2.39. The lowest BCUT2D eigenvalue weighted by molar-refractivity contribution is 0.524. The van der Waals surface area contributed by atoms with Crippen LogP contribution in [0.15, 0.2) is 18.2 Å². The van der Waals surface area contributed by atoms with E-state index in [2.05, 4.69) is 52.8 Å². The molecule has 0 aliphatic carbocycles. The van der Waals surface area contributed by atoms with Crippen LogP contribution in [-0.2, 0) is 12.5 Å². The average molecular weight is 257 g/mol. The van der Waals surface area contributed by atoms with Crippen LogP contribution in [-0.4, -0.2) is 9.55 Å². The Bertz CT molecular complexity index is 616. The summed E-state index contributed by atoms with van der Waals surface area (Å²) in [7, 11) is 1.98. The van der Waals surface area contributed by atoms with Crippen molar-refractivity contribution >= 4 is 5.82 Å². The molecule has 0 bridgehead atoms. The Kier molecular flexibility index (Phi) is 3.17. The van der Waals surface area contributed by atoms with Crippen LogP contribution in [0.25, 0.3) is 11.3 Å². The second kappa shape index (κ2) is 4.41. The predicted molar refractivity (Wildman–Crippen MR) is 81.2 cm³/mol. The lowest BCUT2D eigenvalue weighted by atomic mass is 9.96. The summed E-state index contributed by atoms with van der Waals surface area (Å²) in [6.07, 6.45) is 0. The van der Waals surface area contributed by atoms with Crippen LogP contribution in [0.5, 0.6) is 0 Å². The smallest absolute Gasteiger partial charge is 0.131 e. The molecule has 0 aliphatic heterocycles. The Hall–Kier alpha value is -1.77. The highest BCUT2D eigenvalue weighted by molar-refractivity contribution is 5.74. The van der Waals surface area contributed by atoms with Gasteiger partial charge in [-0.3, -0.25) is 0 Å². The van der Waals surface area contributed by atoms with Gasteiger partial charge in [0.15, 0.2) is 0 Å². The number of imidazole rings is 1. The molecule has 2 N–H and O–H groups in total. The number of nitrogens with two attached hydrogens (primary N) is 1. The molecule has 19 heavy (non-hydrogen) atoms. The summed E-state index contributed by atoms with van der Waals surface area (Å²) in [6.45, 7) is 10.7. The van der Waals surface area contributed by atoms with Crippen molar-refractivity contribution < 1.29 is 0 Å². The van der Waals surface area contributed by atoms with E-state index in [0.29, 0.717) is 0 Å². The fraction of sp³-hybridized carbons (Fsp3) is 0.438. The van der Waals surface area contributed by atoms with Gasteiger partial charge in [-0.1, -0.05) is 39.0 Å². The van der Waals surface area contributed by atoms with Crippen LogP contribution in [0.3, 0.4) is 0 Å². The van der Waals surface area contributed by atoms with Gasteiger partial charge in [-0.2, -0.15) is 0 Å². The highest BCUT2D eigenvalue weighted by Crippen LogP contribution is 2.33. The minimum atomic E-state index is -0.0150. The lowest BCUT2D eigenvalue weighted by Crippen LogP contribution is -2.17. The van der Waals surface area contributed by atoms with E-state index in [9.17, 15) is 0 Å². The summed E-state index contributed by atoms with van der Waals surface area (Å²) in [6, 6.07) is 6.26. The third kappa shape index (κ3) is 2.25. The second-order valence-electron chi connectivity index (χ2n) is 6.23. The van der Waals surface area contributed by atoms with Crippen molar-refractivity contribution in [2.45, 2.75) is 40.0 Å². The molecule has 0 unspecified atom stereocenters.